The molecule has 126 valence electrons. The Labute approximate surface area is 140 Å². The standard InChI is InChI=1S/C16H21ClN2O4/c17-13-2-1-3-14(12-13)21-9-6-18-15(20)19-7-4-16(5-8-19)22-10-11-23-16/h1-3,12H,4-11H2,(H,18,20). The van der Waals surface area contributed by atoms with Gasteiger partial charge in [0.15, 0.2) is 5.79 Å². The fourth-order valence-electron chi connectivity index (χ4n) is 2.83. The topological polar surface area (TPSA) is 60.0 Å². The Kier molecular flexibility index (Phi) is 5.25. The van der Waals surface area contributed by atoms with Crippen LogP contribution in [0.1, 0.15) is 12.8 Å². The van der Waals surface area contributed by atoms with Crippen LogP contribution >= 0.6 is 11.6 Å². The molecule has 2 amide bonds. The highest BCUT2D eigenvalue weighted by atomic mass is 35.5. The Morgan fingerprint density at radius 3 is 2.74 bits per heavy atom. The number of hydrogen-bond acceptors (Lipinski definition) is 4. The minimum absolute atomic E-state index is 0.0764. The largest absolute Gasteiger partial charge is 0.492 e. The number of rotatable bonds is 4. The average molecular weight is 341 g/mol. The van der Waals surface area contributed by atoms with Crippen LogP contribution in [0, 0.1) is 0 Å². The number of likely N-dealkylation sites (tertiary alicyclic amines) is 1. The van der Waals surface area contributed by atoms with E-state index in [0.717, 1.165) is 12.8 Å². The van der Waals surface area contributed by atoms with Gasteiger partial charge in [0.2, 0.25) is 0 Å². The van der Waals surface area contributed by atoms with E-state index < -0.39 is 5.79 Å². The molecule has 0 radical (unpaired) electrons. The number of carbonyl (C=O) groups is 1. The summed E-state index contributed by atoms with van der Waals surface area (Å²) in [5.74, 6) is 0.245. The van der Waals surface area contributed by atoms with Crippen LogP contribution in [0.15, 0.2) is 24.3 Å². The lowest BCUT2D eigenvalue weighted by atomic mass is 10.0. The summed E-state index contributed by atoms with van der Waals surface area (Å²) in [6, 6.07) is 7.12. The Morgan fingerprint density at radius 1 is 1.30 bits per heavy atom. The smallest absolute Gasteiger partial charge is 0.317 e. The lowest BCUT2D eigenvalue weighted by molar-refractivity contribution is -0.181. The SMILES string of the molecule is O=C(NCCOc1cccc(Cl)c1)N1CCC2(CC1)OCCO2. The van der Waals surface area contributed by atoms with Gasteiger partial charge in [0.05, 0.1) is 19.8 Å². The van der Waals surface area contributed by atoms with E-state index in [1.165, 1.54) is 0 Å². The van der Waals surface area contributed by atoms with Gasteiger partial charge in [-0.05, 0) is 18.2 Å². The van der Waals surface area contributed by atoms with Gasteiger partial charge in [0.1, 0.15) is 12.4 Å². The van der Waals surface area contributed by atoms with Crippen LogP contribution in [0.3, 0.4) is 0 Å². The van der Waals surface area contributed by atoms with Crippen molar-refractivity contribution in [3.8, 4) is 5.75 Å². The first kappa shape index (κ1) is 16.4. The number of carbonyl (C=O) groups excluding carboxylic acids is 1. The zero-order valence-electron chi connectivity index (χ0n) is 12.9. The number of benzene rings is 1. The summed E-state index contributed by atoms with van der Waals surface area (Å²) in [7, 11) is 0. The van der Waals surface area contributed by atoms with Crippen molar-refractivity contribution >= 4 is 17.6 Å². The van der Waals surface area contributed by atoms with Gasteiger partial charge in [-0.25, -0.2) is 4.79 Å². The van der Waals surface area contributed by atoms with Crippen LogP contribution in [0.4, 0.5) is 4.79 Å². The molecule has 0 bridgehead atoms. The van der Waals surface area contributed by atoms with Crippen LogP contribution < -0.4 is 10.1 Å². The molecular weight excluding hydrogens is 320 g/mol. The van der Waals surface area contributed by atoms with E-state index >= 15 is 0 Å². The quantitative estimate of drug-likeness (QED) is 0.854. The molecule has 2 fully saturated rings. The fourth-order valence-corrected chi connectivity index (χ4v) is 3.01. The van der Waals surface area contributed by atoms with Gasteiger partial charge in [-0.2, -0.15) is 0 Å². The van der Waals surface area contributed by atoms with Gasteiger partial charge < -0.3 is 24.4 Å². The van der Waals surface area contributed by atoms with E-state index in [0.29, 0.717) is 50.2 Å². The van der Waals surface area contributed by atoms with E-state index in [-0.39, 0.29) is 6.03 Å². The molecular formula is C16H21ClN2O4. The molecule has 0 aliphatic carbocycles. The van der Waals surface area contributed by atoms with E-state index in [2.05, 4.69) is 5.32 Å². The number of nitrogens with zero attached hydrogens (tertiary/aromatic N) is 1. The highest BCUT2D eigenvalue weighted by Crippen LogP contribution is 2.31. The zero-order chi connectivity index (χ0) is 16.1. The predicted molar refractivity (Wildman–Crippen MR) is 85.8 cm³/mol. The van der Waals surface area contributed by atoms with Crippen LogP contribution in [0.2, 0.25) is 5.02 Å². The normalized spacial score (nSPS) is 19.8. The number of hydrogen-bond donors (Lipinski definition) is 1. The number of amides is 2. The molecule has 0 unspecified atom stereocenters. The third-order valence-electron chi connectivity index (χ3n) is 4.07. The maximum atomic E-state index is 12.1. The summed E-state index contributed by atoms with van der Waals surface area (Å²) < 4.78 is 16.9. The molecule has 2 heterocycles. The van der Waals surface area contributed by atoms with E-state index in [1.54, 1.807) is 17.0 Å². The Balaban J connectivity index is 1.35. The first-order chi connectivity index (χ1) is 11.2. The Bertz CT molecular complexity index is 539. The Hall–Kier alpha value is -1.50. The third kappa shape index (κ3) is 4.28. The second-order valence-electron chi connectivity index (χ2n) is 5.63. The summed E-state index contributed by atoms with van der Waals surface area (Å²) in [5.41, 5.74) is 0. The highest BCUT2D eigenvalue weighted by Gasteiger charge is 2.40. The lowest BCUT2D eigenvalue weighted by Crippen LogP contribution is -2.50. The minimum atomic E-state index is -0.452. The molecule has 2 aliphatic rings. The van der Waals surface area contributed by atoms with Crippen molar-refractivity contribution in [2.24, 2.45) is 0 Å². The van der Waals surface area contributed by atoms with Crippen molar-refractivity contribution in [3.63, 3.8) is 0 Å². The first-order valence-electron chi connectivity index (χ1n) is 7.86. The van der Waals surface area contributed by atoms with Crippen molar-refractivity contribution in [2.45, 2.75) is 18.6 Å². The molecule has 2 saturated heterocycles. The van der Waals surface area contributed by atoms with Crippen LogP contribution in [0.5, 0.6) is 5.75 Å². The molecule has 6 nitrogen and oxygen atoms in total. The Morgan fingerprint density at radius 2 is 2.04 bits per heavy atom. The molecule has 2 aliphatic heterocycles. The van der Waals surface area contributed by atoms with Crippen molar-refractivity contribution in [1.82, 2.24) is 10.2 Å². The van der Waals surface area contributed by atoms with Crippen LogP contribution in [0.25, 0.3) is 0 Å². The summed E-state index contributed by atoms with van der Waals surface area (Å²) in [5, 5.41) is 3.49. The summed E-state index contributed by atoms with van der Waals surface area (Å²) in [6.45, 7) is 3.41. The summed E-state index contributed by atoms with van der Waals surface area (Å²) in [4.78, 5) is 13.9. The molecule has 1 aromatic rings. The van der Waals surface area contributed by atoms with Gasteiger partial charge in [-0.3, -0.25) is 0 Å². The summed E-state index contributed by atoms with van der Waals surface area (Å²) >= 11 is 5.88. The molecule has 0 aromatic heterocycles. The number of ether oxygens (including phenoxy) is 3. The number of piperidine rings is 1. The number of halogens is 1. The van der Waals surface area contributed by atoms with Crippen LogP contribution in [-0.2, 0) is 9.47 Å². The first-order valence-corrected chi connectivity index (χ1v) is 8.24. The van der Waals surface area contributed by atoms with Crippen molar-refractivity contribution in [2.75, 3.05) is 39.5 Å². The molecule has 0 saturated carbocycles. The maximum Gasteiger partial charge on any atom is 0.317 e. The number of urea groups is 1. The second kappa shape index (κ2) is 7.38. The van der Waals surface area contributed by atoms with Gasteiger partial charge in [0.25, 0.3) is 0 Å². The zero-order valence-corrected chi connectivity index (χ0v) is 13.7. The highest BCUT2D eigenvalue weighted by molar-refractivity contribution is 6.30. The molecule has 23 heavy (non-hydrogen) atoms. The minimum Gasteiger partial charge on any atom is -0.492 e. The van der Waals surface area contributed by atoms with Crippen molar-refractivity contribution in [3.05, 3.63) is 29.3 Å². The molecule has 1 spiro atoms. The second-order valence-corrected chi connectivity index (χ2v) is 6.07. The lowest BCUT2D eigenvalue weighted by Gasteiger charge is -2.37. The van der Waals surface area contributed by atoms with Gasteiger partial charge in [-0.15, -0.1) is 0 Å². The van der Waals surface area contributed by atoms with Gasteiger partial charge in [-0.1, -0.05) is 17.7 Å². The fraction of sp³-hybridized carbons (Fsp3) is 0.562. The maximum absolute atomic E-state index is 12.1. The molecule has 1 aromatic carbocycles. The van der Waals surface area contributed by atoms with E-state index in [1.807, 2.05) is 12.1 Å². The van der Waals surface area contributed by atoms with E-state index in [9.17, 15) is 4.79 Å². The monoisotopic (exact) mass is 340 g/mol. The van der Waals surface area contributed by atoms with Crippen LogP contribution in [-0.4, -0.2) is 56.2 Å². The third-order valence-corrected chi connectivity index (χ3v) is 4.30. The van der Waals surface area contributed by atoms with Crippen molar-refractivity contribution in [1.29, 1.82) is 0 Å². The van der Waals surface area contributed by atoms with Crippen molar-refractivity contribution < 1.29 is 19.0 Å². The molecule has 1 N–H and O–H groups in total. The molecule has 0 atom stereocenters. The van der Waals surface area contributed by atoms with E-state index in [4.69, 9.17) is 25.8 Å². The number of nitrogens with one attached hydrogen (secondary N) is 1. The van der Waals surface area contributed by atoms with Gasteiger partial charge in [0, 0.05) is 31.0 Å². The van der Waals surface area contributed by atoms with Gasteiger partial charge >= 0.3 is 6.03 Å². The summed E-state index contributed by atoms with van der Waals surface area (Å²) in [6.07, 6.45) is 1.44. The molecule has 3 rings (SSSR count). The predicted octanol–water partition coefficient (Wildman–Crippen LogP) is 2.27. The average Bonchev–Trinajstić information content (AvgIpc) is 3.00. The molecule has 7 heteroatoms.